The number of halogens is 1. The molecule has 92 valence electrons. The van der Waals surface area contributed by atoms with Gasteiger partial charge in [-0.2, -0.15) is 0 Å². The summed E-state index contributed by atoms with van der Waals surface area (Å²) in [5.74, 6) is 1.13. The molecule has 17 heavy (non-hydrogen) atoms. The largest absolute Gasteiger partial charge is 0.335 e. The van der Waals surface area contributed by atoms with Gasteiger partial charge in [0.15, 0.2) is 5.17 Å². The van der Waals surface area contributed by atoms with E-state index in [-0.39, 0.29) is 0 Å². The lowest BCUT2D eigenvalue weighted by Gasteiger charge is -2.27. The van der Waals surface area contributed by atoms with Gasteiger partial charge in [0.1, 0.15) is 0 Å². The molecule has 0 saturated heterocycles. The third-order valence-corrected chi connectivity index (χ3v) is 5.36. The minimum atomic E-state index is 0.329. The Morgan fingerprint density at radius 1 is 1.41 bits per heavy atom. The van der Waals surface area contributed by atoms with E-state index in [1.807, 2.05) is 11.8 Å². The highest BCUT2D eigenvalue weighted by molar-refractivity contribution is 14.1. The van der Waals surface area contributed by atoms with Crippen LogP contribution in [0, 0.1) is 15.9 Å². The van der Waals surface area contributed by atoms with E-state index in [0.29, 0.717) is 5.41 Å². The van der Waals surface area contributed by atoms with Crippen molar-refractivity contribution in [1.82, 2.24) is 0 Å². The van der Waals surface area contributed by atoms with Crippen LogP contribution in [-0.2, 0) is 0 Å². The summed E-state index contributed by atoms with van der Waals surface area (Å²) in [7, 11) is 0. The van der Waals surface area contributed by atoms with Gasteiger partial charge in [-0.25, -0.2) is 0 Å². The molecular formula is C13H17IN2S. The van der Waals surface area contributed by atoms with Crippen molar-refractivity contribution in [3.8, 4) is 0 Å². The van der Waals surface area contributed by atoms with Gasteiger partial charge in [0.25, 0.3) is 0 Å². The summed E-state index contributed by atoms with van der Waals surface area (Å²) in [6.45, 7) is 7.57. The van der Waals surface area contributed by atoms with E-state index in [1.165, 1.54) is 14.8 Å². The number of rotatable bonds is 1. The van der Waals surface area contributed by atoms with Crippen LogP contribution >= 0.6 is 34.4 Å². The van der Waals surface area contributed by atoms with Crippen LogP contribution in [0.4, 0.5) is 5.69 Å². The predicted molar refractivity (Wildman–Crippen MR) is 86.1 cm³/mol. The molecule has 0 aliphatic carbocycles. The third kappa shape index (κ3) is 3.37. The molecule has 0 bridgehead atoms. The molecule has 0 fully saturated rings. The van der Waals surface area contributed by atoms with Crippen LogP contribution in [0.5, 0.6) is 0 Å². The molecule has 2 rings (SSSR count). The Morgan fingerprint density at radius 3 is 2.82 bits per heavy atom. The molecule has 1 aromatic rings. The molecular weight excluding hydrogens is 343 g/mol. The van der Waals surface area contributed by atoms with E-state index >= 15 is 0 Å². The standard InChI is InChI=1S/C13H17IN2S/c1-9-10(14)5-4-6-11(9)16-12-15-7-13(2,3)8-17-12/h4-6H,7-8H2,1-3H3,(H,15,16). The Hall–Kier alpha value is -0.230. The zero-order valence-corrected chi connectivity index (χ0v) is 13.4. The Bertz CT molecular complexity index is 455. The number of aliphatic imine (C=N–C) groups is 1. The molecule has 1 heterocycles. The van der Waals surface area contributed by atoms with E-state index in [2.05, 4.69) is 71.9 Å². The van der Waals surface area contributed by atoms with Gasteiger partial charge in [0.2, 0.25) is 0 Å². The molecule has 0 spiro atoms. The monoisotopic (exact) mass is 360 g/mol. The van der Waals surface area contributed by atoms with E-state index in [9.17, 15) is 0 Å². The van der Waals surface area contributed by atoms with Gasteiger partial charge in [0.05, 0.1) is 0 Å². The van der Waals surface area contributed by atoms with E-state index in [0.717, 1.165) is 17.5 Å². The van der Waals surface area contributed by atoms with Crippen molar-refractivity contribution in [2.24, 2.45) is 10.4 Å². The fourth-order valence-electron chi connectivity index (χ4n) is 1.57. The van der Waals surface area contributed by atoms with Crippen LogP contribution in [0.15, 0.2) is 23.2 Å². The summed E-state index contributed by atoms with van der Waals surface area (Å²) < 4.78 is 1.29. The molecule has 0 aromatic heterocycles. The molecule has 4 heteroatoms. The second-order valence-corrected chi connectivity index (χ2v) is 7.24. The van der Waals surface area contributed by atoms with E-state index in [1.54, 1.807) is 0 Å². The fraction of sp³-hybridized carbons (Fsp3) is 0.462. The van der Waals surface area contributed by atoms with Crippen LogP contribution < -0.4 is 5.32 Å². The summed E-state index contributed by atoms with van der Waals surface area (Å²) in [5, 5.41) is 4.49. The number of amidine groups is 1. The molecule has 1 aromatic carbocycles. The van der Waals surface area contributed by atoms with Crippen molar-refractivity contribution in [2.45, 2.75) is 20.8 Å². The van der Waals surface area contributed by atoms with Crippen LogP contribution in [0.1, 0.15) is 19.4 Å². The maximum atomic E-state index is 4.61. The Morgan fingerprint density at radius 2 is 2.18 bits per heavy atom. The van der Waals surface area contributed by atoms with Gasteiger partial charge in [0, 0.05) is 21.6 Å². The smallest absolute Gasteiger partial charge is 0.161 e. The molecule has 0 saturated carbocycles. The molecule has 2 nitrogen and oxygen atoms in total. The fourth-order valence-corrected chi connectivity index (χ4v) is 3.03. The van der Waals surface area contributed by atoms with Gasteiger partial charge >= 0.3 is 0 Å². The number of hydrogen-bond donors (Lipinski definition) is 1. The number of thioether (sulfide) groups is 1. The highest BCUT2D eigenvalue weighted by Gasteiger charge is 2.23. The van der Waals surface area contributed by atoms with Gasteiger partial charge in [-0.3, -0.25) is 4.99 Å². The van der Waals surface area contributed by atoms with Crippen molar-refractivity contribution >= 4 is 45.2 Å². The van der Waals surface area contributed by atoms with Crippen LogP contribution in [0.25, 0.3) is 0 Å². The number of nitrogens with one attached hydrogen (secondary N) is 1. The first-order chi connectivity index (χ1) is 7.98. The predicted octanol–water partition coefficient (Wildman–Crippen LogP) is 4.14. The summed E-state index contributed by atoms with van der Waals surface area (Å²) in [5.41, 5.74) is 2.79. The quantitative estimate of drug-likeness (QED) is 0.762. The maximum Gasteiger partial charge on any atom is 0.161 e. The number of benzene rings is 1. The summed E-state index contributed by atoms with van der Waals surface area (Å²) in [6.07, 6.45) is 0. The summed E-state index contributed by atoms with van der Waals surface area (Å²) in [6, 6.07) is 6.31. The molecule has 1 aliphatic heterocycles. The van der Waals surface area contributed by atoms with Crippen molar-refractivity contribution < 1.29 is 0 Å². The van der Waals surface area contributed by atoms with Crippen molar-refractivity contribution in [3.63, 3.8) is 0 Å². The van der Waals surface area contributed by atoms with Crippen LogP contribution in [0.2, 0.25) is 0 Å². The second kappa shape index (κ2) is 5.18. The van der Waals surface area contributed by atoms with Crippen molar-refractivity contribution in [3.05, 3.63) is 27.3 Å². The molecule has 1 aliphatic rings. The first-order valence-corrected chi connectivity index (χ1v) is 7.74. The number of hydrogen-bond acceptors (Lipinski definition) is 3. The Balaban J connectivity index is 2.12. The zero-order valence-electron chi connectivity index (χ0n) is 10.4. The first kappa shape index (κ1) is 13.2. The molecule has 0 amide bonds. The second-order valence-electron chi connectivity index (χ2n) is 5.11. The topological polar surface area (TPSA) is 24.4 Å². The van der Waals surface area contributed by atoms with Crippen LogP contribution in [0.3, 0.4) is 0 Å². The summed E-state index contributed by atoms with van der Waals surface area (Å²) in [4.78, 5) is 4.61. The normalized spacial score (nSPS) is 18.7. The average Bonchev–Trinajstić information content (AvgIpc) is 2.27. The van der Waals surface area contributed by atoms with Crippen molar-refractivity contribution in [2.75, 3.05) is 17.6 Å². The highest BCUT2D eigenvalue weighted by atomic mass is 127. The Kier molecular flexibility index (Phi) is 4.02. The lowest BCUT2D eigenvalue weighted by molar-refractivity contribution is 0.438. The van der Waals surface area contributed by atoms with Gasteiger partial charge in [-0.05, 0) is 52.6 Å². The van der Waals surface area contributed by atoms with Gasteiger partial charge in [-0.15, -0.1) is 0 Å². The minimum absolute atomic E-state index is 0.329. The lowest BCUT2D eigenvalue weighted by Crippen LogP contribution is -2.27. The molecule has 0 unspecified atom stereocenters. The van der Waals surface area contributed by atoms with Gasteiger partial charge in [-0.1, -0.05) is 31.7 Å². The van der Waals surface area contributed by atoms with Gasteiger partial charge < -0.3 is 5.32 Å². The average molecular weight is 360 g/mol. The maximum absolute atomic E-state index is 4.61. The van der Waals surface area contributed by atoms with Crippen molar-refractivity contribution in [1.29, 1.82) is 0 Å². The highest BCUT2D eigenvalue weighted by Crippen LogP contribution is 2.29. The lowest BCUT2D eigenvalue weighted by atomic mass is 9.97. The first-order valence-electron chi connectivity index (χ1n) is 5.67. The zero-order chi connectivity index (χ0) is 12.5. The van der Waals surface area contributed by atoms with E-state index < -0.39 is 0 Å². The third-order valence-electron chi connectivity index (χ3n) is 2.76. The summed E-state index contributed by atoms with van der Waals surface area (Å²) >= 11 is 4.18. The molecule has 0 atom stereocenters. The van der Waals surface area contributed by atoms with E-state index in [4.69, 9.17) is 0 Å². The SMILES string of the molecule is Cc1c(I)cccc1NC1=NCC(C)(C)CS1. The Labute approximate surface area is 121 Å². The number of nitrogens with zero attached hydrogens (tertiary/aromatic N) is 1. The number of anilines is 1. The minimum Gasteiger partial charge on any atom is -0.335 e. The van der Waals surface area contributed by atoms with Crippen LogP contribution in [-0.4, -0.2) is 17.5 Å². The molecule has 1 N–H and O–H groups in total. The molecule has 0 radical (unpaired) electrons.